The highest BCUT2D eigenvalue weighted by molar-refractivity contribution is 5.88. The van der Waals surface area contributed by atoms with E-state index in [1.807, 2.05) is 12.3 Å². The molecule has 0 bridgehead atoms. The normalized spacial score (nSPS) is 11.9. The van der Waals surface area contributed by atoms with Crippen molar-refractivity contribution in [3.63, 3.8) is 0 Å². The SMILES string of the molecule is CC(C)(C)OC(=O)N(CCCn1cccn1)C(=O)OC(C)(C)C. The van der Waals surface area contributed by atoms with Gasteiger partial charge in [0.1, 0.15) is 11.2 Å². The van der Waals surface area contributed by atoms with Crippen molar-refractivity contribution in [2.45, 2.75) is 65.7 Å². The summed E-state index contributed by atoms with van der Waals surface area (Å²) < 4.78 is 12.3. The van der Waals surface area contributed by atoms with Crippen molar-refractivity contribution < 1.29 is 19.1 Å². The highest BCUT2D eigenvalue weighted by atomic mass is 16.6. The summed E-state index contributed by atoms with van der Waals surface area (Å²) in [5, 5.41) is 4.09. The monoisotopic (exact) mass is 325 g/mol. The second kappa shape index (κ2) is 7.48. The maximum absolute atomic E-state index is 12.3. The van der Waals surface area contributed by atoms with E-state index in [2.05, 4.69) is 5.10 Å². The summed E-state index contributed by atoms with van der Waals surface area (Å²) in [5.74, 6) is 0. The van der Waals surface area contributed by atoms with Gasteiger partial charge in [-0.15, -0.1) is 0 Å². The lowest BCUT2D eigenvalue weighted by molar-refractivity contribution is 0.00107. The van der Waals surface area contributed by atoms with Crippen LogP contribution in [0.1, 0.15) is 48.0 Å². The van der Waals surface area contributed by atoms with Crippen LogP contribution in [-0.4, -0.2) is 44.6 Å². The van der Waals surface area contributed by atoms with Crippen molar-refractivity contribution >= 4 is 12.2 Å². The second-order valence-electron chi connectivity index (χ2n) is 7.24. The topological polar surface area (TPSA) is 73.7 Å². The molecule has 7 heteroatoms. The van der Waals surface area contributed by atoms with Crippen molar-refractivity contribution in [2.24, 2.45) is 0 Å². The first kappa shape index (κ1) is 19.0. The van der Waals surface area contributed by atoms with E-state index in [-0.39, 0.29) is 6.54 Å². The Morgan fingerprint density at radius 2 is 1.57 bits per heavy atom. The molecule has 0 saturated heterocycles. The van der Waals surface area contributed by atoms with Gasteiger partial charge in [0.25, 0.3) is 0 Å². The van der Waals surface area contributed by atoms with Crippen LogP contribution in [0.25, 0.3) is 0 Å². The minimum atomic E-state index is -0.702. The van der Waals surface area contributed by atoms with Gasteiger partial charge in [0.05, 0.1) is 0 Å². The summed E-state index contributed by atoms with van der Waals surface area (Å²) in [4.78, 5) is 25.5. The minimum Gasteiger partial charge on any atom is -0.443 e. The van der Waals surface area contributed by atoms with Crippen LogP contribution >= 0.6 is 0 Å². The Balaban J connectivity index is 2.70. The van der Waals surface area contributed by atoms with E-state index in [1.54, 1.807) is 52.4 Å². The Hall–Kier alpha value is -2.05. The van der Waals surface area contributed by atoms with Crippen LogP contribution in [0.5, 0.6) is 0 Å². The summed E-state index contributed by atoms with van der Waals surface area (Å²) in [5.41, 5.74) is -1.36. The minimum absolute atomic E-state index is 0.198. The molecule has 0 saturated carbocycles. The molecular weight excluding hydrogens is 298 g/mol. The third-order valence-corrected chi connectivity index (χ3v) is 2.56. The van der Waals surface area contributed by atoms with Gasteiger partial charge in [-0.25, -0.2) is 14.5 Å². The van der Waals surface area contributed by atoms with Gasteiger partial charge in [0.15, 0.2) is 0 Å². The summed E-state index contributed by atoms with van der Waals surface area (Å²) in [7, 11) is 0. The highest BCUT2D eigenvalue weighted by Crippen LogP contribution is 2.15. The molecular formula is C16H27N3O4. The Morgan fingerprint density at radius 3 is 1.96 bits per heavy atom. The van der Waals surface area contributed by atoms with Crippen LogP contribution < -0.4 is 0 Å². The van der Waals surface area contributed by atoms with Crippen molar-refractivity contribution in [3.8, 4) is 0 Å². The smallest absolute Gasteiger partial charge is 0.419 e. The molecule has 0 fully saturated rings. The maximum atomic E-state index is 12.3. The first-order valence-corrected chi connectivity index (χ1v) is 7.69. The standard InChI is InChI=1S/C16H27N3O4/c1-15(2,3)22-13(20)19(14(21)23-16(4,5)6)12-8-11-18-10-7-9-17-18/h7,9-10H,8,11-12H2,1-6H3. The molecule has 0 aliphatic heterocycles. The molecule has 7 nitrogen and oxygen atoms in total. The molecule has 1 heterocycles. The van der Waals surface area contributed by atoms with E-state index in [4.69, 9.17) is 9.47 Å². The van der Waals surface area contributed by atoms with Gasteiger partial charge in [0, 0.05) is 25.5 Å². The molecule has 0 radical (unpaired) electrons. The third kappa shape index (κ3) is 7.67. The molecule has 1 aromatic heterocycles. The Labute approximate surface area is 137 Å². The fourth-order valence-corrected chi connectivity index (χ4v) is 1.71. The molecule has 0 aliphatic rings. The number of rotatable bonds is 4. The summed E-state index contributed by atoms with van der Waals surface area (Å²) in [6.45, 7) is 11.3. The number of nitrogens with zero attached hydrogens (tertiary/aromatic N) is 3. The van der Waals surface area contributed by atoms with E-state index >= 15 is 0 Å². The average Bonchev–Trinajstić information content (AvgIpc) is 2.82. The molecule has 23 heavy (non-hydrogen) atoms. The van der Waals surface area contributed by atoms with Gasteiger partial charge in [0.2, 0.25) is 0 Å². The van der Waals surface area contributed by atoms with Crippen molar-refractivity contribution in [2.75, 3.05) is 6.54 Å². The van der Waals surface area contributed by atoms with E-state index in [9.17, 15) is 9.59 Å². The predicted molar refractivity (Wildman–Crippen MR) is 86.0 cm³/mol. The number of aryl methyl sites for hydroxylation is 1. The lowest BCUT2D eigenvalue weighted by atomic mass is 10.2. The summed E-state index contributed by atoms with van der Waals surface area (Å²) >= 11 is 0. The van der Waals surface area contributed by atoms with Gasteiger partial charge < -0.3 is 9.47 Å². The van der Waals surface area contributed by atoms with E-state index < -0.39 is 23.4 Å². The molecule has 1 rings (SSSR count). The van der Waals surface area contributed by atoms with Crippen LogP contribution in [0.15, 0.2) is 18.5 Å². The molecule has 0 atom stereocenters. The van der Waals surface area contributed by atoms with Gasteiger partial charge in [-0.1, -0.05) is 0 Å². The average molecular weight is 325 g/mol. The highest BCUT2D eigenvalue weighted by Gasteiger charge is 2.30. The molecule has 0 aromatic carbocycles. The Bertz CT molecular complexity index is 484. The molecule has 2 amide bonds. The van der Waals surface area contributed by atoms with Crippen LogP contribution in [0.4, 0.5) is 9.59 Å². The van der Waals surface area contributed by atoms with Crippen LogP contribution in [0.2, 0.25) is 0 Å². The number of aromatic nitrogens is 2. The molecule has 0 aliphatic carbocycles. The summed E-state index contributed by atoms with van der Waals surface area (Å²) in [6.07, 6.45) is 2.66. The molecule has 0 spiro atoms. The molecule has 130 valence electrons. The second-order valence-corrected chi connectivity index (χ2v) is 7.24. The number of imide groups is 1. The van der Waals surface area contributed by atoms with Crippen LogP contribution in [0.3, 0.4) is 0 Å². The van der Waals surface area contributed by atoms with Crippen molar-refractivity contribution in [1.29, 1.82) is 0 Å². The number of ether oxygens (including phenoxy) is 2. The number of amides is 2. The zero-order valence-electron chi connectivity index (χ0n) is 14.8. The lowest BCUT2D eigenvalue weighted by Gasteiger charge is -2.28. The van der Waals surface area contributed by atoms with Gasteiger partial charge >= 0.3 is 12.2 Å². The maximum Gasteiger partial charge on any atom is 0.419 e. The fourth-order valence-electron chi connectivity index (χ4n) is 1.71. The van der Waals surface area contributed by atoms with Gasteiger partial charge in [-0.05, 0) is 54.0 Å². The number of hydrogen-bond acceptors (Lipinski definition) is 5. The van der Waals surface area contributed by atoms with Crippen molar-refractivity contribution in [3.05, 3.63) is 18.5 Å². The van der Waals surface area contributed by atoms with Crippen molar-refractivity contribution in [1.82, 2.24) is 14.7 Å². The quantitative estimate of drug-likeness (QED) is 0.847. The number of carbonyl (C=O) groups excluding carboxylic acids is 2. The van der Waals surface area contributed by atoms with Crippen LogP contribution in [-0.2, 0) is 16.0 Å². The number of hydrogen-bond donors (Lipinski definition) is 0. The van der Waals surface area contributed by atoms with E-state index in [1.165, 1.54) is 0 Å². The molecule has 1 aromatic rings. The third-order valence-electron chi connectivity index (χ3n) is 2.56. The van der Waals surface area contributed by atoms with Gasteiger partial charge in [-0.2, -0.15) is 5.10 Å². The molecule has 0 N–H and O–H groups in total. The van der Waals surface area contributed by atoms with Crippen LogP contribution in [0, 0.1) is 0 Å². The first-order valence-electron chi connectivity index (χ1n) is 7.69. The fraction of sp³-hybridized carbons (Fsp3) is 0.688. The first-order chi connectivity index (χ1) is 10.5. The lowest BCUT2D eigenvalue weighted by Crippen LogP contribution is -2.44. The summed E-state index contributed by atoms with van der Waals surface area (Å²) in [6, 6.07) is 1.82. The Kier molecular flexibility index (Phi) is 6.18. The number of carbonyl (C=O) groups is 2. The Morgan fingerprint density at radius 1 is 1.04 bits per heavy atom. The molecule has 0 unspecified atom stereocenters. The van der Waals surface area contributed by atoms with E-state index in [0.29, 0.717) is 13.0 Å². The largest absolute Gasteiger partial charge is 0.443 e. The zero-order valence-corrected chi connectivity index (χ0v) is 14.8. The zero-order chi connectivity index (χ0) is 17.7. The van der Waals surface area contributed by atoms with E-state index in [0.717, 1.165) is 4.90 Å². The van der Waals surface area contributed by atoms with Gasteiger partial charge in [-0.3, -0.25) is 4.68 Å². The predicted octanol–water partition coefficient (Wildman–Crippen LogP) is 3.45.